The SMILES string of the molecule is CSc1ccc(S(=O)(=O)N(C)c2ccc(C(=O)Nc3ccc(S(=O)(=O)Nc4cccc(C(F)(F)F)c4)cc3)cc2)cc1. The summed E-state index contributed by atoms with van der Waals surface area (Å²) < 4.78 is 93.4. The van der Waals surface area contributed by atoms with E-state index < -0.39 is 37.7 Å². The highest BCUT2D eigenvalue weighted by molar-refractivity contribution is 7.98. The number of carbonyl (C=O) groups excluding carboxylic acids is 1. The number of hydrogen-bond acceptors (Lipinski definition) is 6. The predicted molar refractivity (Wildman–Crippen MR) is 157 cm³/mol. The topological polar surface area (TPSA) is 113 Å². The van der Waals surface area contributed by atoms with E-state index in [0.717, 1.165) is 21.3 Å². The zero-order valence-corrected chi connectivity index (χ0v) is 24.5. The van der Waals surface area contributed by atoms with Gasteiger partial charge in [0.05, 0.1) is 21.0 Å². The van der Waals surface area contributed by atoms with Gasteiger partial charge in [-0.05, 0) is 97.3 Å². The van der Waals surface area contributed by atoms with Crippen LogP contribution < -0.4 is 14.3 Å². The van der Waals surface area contributed by atoms with Gasteiger partial charge in [0.15, 0.2) is 0 Å². The smallest absolute Gasteiger partial charge is 0.322 e. The number of nitrogens with zero attached hydrogens (tertiary/aromatic N) is 1. The Kier molecular flexibility index (Phi) is 8.89. The molecule has 4 aromatic carbocycles. The molecule has 0 saturated heterocycles. The molecule has 42 heavy (non-hydrogen) atoms. The van der Waals surface area contributed by atoms with Gasteiger partial charge in [-0.15, -0.1) is 11.8 Å². The van der Waals surface area contributed by atoms with Gasteiger partial charge in [0, 0.05) is 28.9 Å². The normalized spacial score (nSPS) is 12.0. The molecule has 0 aromatic heterocycles. The molecule has 0 atom stereocenters. The molecule has 0 bridgehead atoms. The van der Waals surface area contributed by atoms with Crippen LogP contribution in [0.15, 0.2) is 112 Å². The third-order valence-electron chi connectivity index (χ3n) is 6.08. The maximum absolute atomic E-state index is 13.0. The van der Waals surface area contributed by atoms with E-state index in [2.05, 4.69) is 10.0 Å². The molecule has 4 aromatic rings. The Hall–Kier alpha value is -4.01. The van der Waals surface area contributed by atoms with Gasteiger partial charge in [-0.3, -0.25) is 13.8 Å². The second kappa shape index (κ2) is 12.1. The van der Waals surface area contributed by atoms with E-state index in [4.69, 9.17) is 0 Å². The van der Waals surface area contributed by atoms with E-state index in [1.54, 1.807) is 12.1 Å². The lowest BCUT2D eigenvalue weighted by molar-refractivity contribution is -0.137. The molecule has 2 N–H and O–H groups in total. The molecular weight excluding hydrogens is 612 g/mol. The van der Waals surface area contributed by atoms with Crippen LogP contribution in [0.3, 0.4) is 0 Å². The van der Waals surface area contributed by atoms with Crippen molar-refractivity contribution in [1.29, 1.82) is 0 Å². The van der Waals surface area contributed by atoms with Crippen LogP contribution in [0.1, 0.15) is 15.9 Å². The fourth-order valence-electron chi connectivity index (χ4n) is 3.76. The maximum atomic E-state index is 13.0. The molecular formula is C28H24F3N3O5S3. The van der Waals surface area contributed by atoms with Crippen molar-refractivity contribution >= 4 is 54.8 Å². The third-order valence-corrected chi connectivity index (χ3v) is 10.0. The fourth-order valence-corrected chi connectivity index (χ4v) is 6.41. The van der Waals surface area contributed by atoms with Crippen molar-refractivity contribution in [3.8, 4) is 0 Å². The van der Waals surface area contributed by atoms with E-state index in [0.29, 0.717) is 11.8 Å². The summed E-state index contributed by atoms with van der Waals surface area (Å²) in [5, 5.41) is 2.61. The number of alkyl halides is 3. The number of nitrogens with one attached hydrogen (secondary N) is 2. The van der Waals surface area contributed by atoms with Crippen molar-refractivity contribution in [3.63, 3.8) is 0 Å². The van der Waals surface area contributed by atoms with Gasteiger partial charge >= 0.3 is 6.18 Å². The minimum absolute atomic E-state index is 0.125. The summed E-state index contributed by atoms with van der Waals surface area (Å²) in [5.41, 5.74) is -0.434. The quantitative estimate of drug-likeness (QED) is 0.209. The Bertz CT molecular complexity index is 1790. The Labute approximate surface area is 245 Å². The highest BCUT2D eigenvalue weighted by atomic mass is 32.2. The molecule has 0 aliphatic carbocycles. The van der Waals surface area contributed by atoms with E-state index in [1.165, 1.54) is 85.5 Å². The minimum atomic E-state index is -4.63. The summed E-state index contributed by atoms with van der Waals surface area (Å²) in [6.45, 7) is 0. The molecule has 8 nitrogen and oxygen atoms in total. The number of benzene rings is 4. The Morgan fingerprint density at radius 1 is 0.786 bits per heavy atom. The average molecular weight is 636 g/mol. The molecule has 220 valence electrons. The van der Waals surface area contributed by atoms with Crippen LogP contribution in [-0.4, -0.2) is 36.0 Å². The lowest BCUT2D eigenvalue weighted by Gasteiger charge is -2.20. The number of halogens is 3. The lowest BCUT2D eigenvalue weighted by Crippen LogP contribution is -2.26. The summed E-state index contributed by atoms with van der Waals surface area (Å²) >= 11 is 1.49. The first-order valence-electron chi connectivity index (χ1n) is 12.1. The summed E-state index contributed by atoms with van der Waals surface area (Å²) in [6.07, 6.45) is -2.74. The second-order valence-corrected chi connectivity index (χ2v) is 13.4. The summed E-state index contributed by atoms with van der Waals surface area (Å²) in [5.74, 6) is -0.530. The van der Waals surface area contributed by atoms with Crippen molar-refractivity contribution in [2.75, 3.05) is 27.6 Å². The number of amides is 1. The van der Waals surface area contributed by atoms with Crippen LogP contribution in [0.4, 0.5) is 30.2 Å². The van der Waals surface area contributed by atoms with Gasteiger partial charge in [-0.25, -0.2) is 16.8 Å². The van der Waals surface area contributed by atoms with Crippen LogP contribution in [0, 0.1) is 0 Å². The standard InChI is InChI=1S/C28H24F3N3O5S3/c1-34(42(38,39)26-16-12-24(40-2)13-17-26)23-10-6-19(7-11-23)27(35)32-21-8-14-25(15-9-21)41(36,37)33-22-5-3-4-20(18-22)28(29,30)31/h3-18,33H,1-2H3,(H,32,35). The molecule has 0 saturated carbocycles. The maximum Gasteiger partial charge on any atom is 0.416 e. The highest BCUT2D eigenvalue weighted by Crippen LogP contribution is 2.31. The summed E-state index contributed by atoms with van der Waals surface area (Å²) in [6, 6.07) is 21.2. The number of rotatable bonds is 9. The fraction of sp³-hybridized carbons (Fsp3) is 0.107. The zero-order chi connectivity index (χ0) is 30.7. The van der Waals surface area contributed by atoms with E-state index in [-0.39, 0.29) is 26.7 Å². The van der Waals surface area contributed by atoms with Crippen molar-refractivity contribution in [2.45, 2.75) is 20.9 Å². The first-order valence-corrected chi connectivity index (χ1v) is 16.2. The Morgan fingerprint density at radius 3 is 1.95 bits per heavy atom. The molecule has 0 fully saturated rings. The van der Waals surface area contributed by atoms with Gasteiger partial charge < -0.3 is 5.32 Å². The molecule has 0 aliphatic rings. The van der Waals surface area contributed by atoms with Crippen LogP contribution in [0.2, 0.25) is 0 Å². The largest absolute Gasteiger partial charge is 0.416 e. The number of sulfonamides is 2. The summed E-state index contributed by atoms with van der Waals surface area (Å²) in [4.78, 5) is 13.6. The molecule has 0 radical (unpaired) electrons. The number of hydrogen-bond donors (Lipinski definition) is 2. The minimum Gasteiger partial charge on any atom is -0.322 e. The van der Waals surface area contributed by atoms with Gasteiger partial charge in [-0.2, -0.15) is 13.2 Å². The van der Waals surface area contributed by atoms with Crippen molar-refractivity contribution < 1.29 is 34.8 Å². The molecule has 14 heteroatoms. The third kappa shape index (κ3) is 7.06. The van der Waals surface area contributed by atoms with E-state index in [9.17, 15) is 34.8 Å². The second-order valence-electron chi connectivity index (χ2n) is 8.86. The first kappa shape index (κ1) is 30.9. The molecule has 4 rings (SSSR count). The van der Waals surface area contributed by atoms with Crippen molar-refractivity contribution in [3.05, 3.63) is 108 Å². The lowest BCUT2D eigenvalue weighted by atomic mass is 10.2. The molecule has 1 amide bonds. The zero-order valence-electron chi connectivity index (χ0n) is 22.1. The number of carbonyl (C=O) groups is 1. The van der Waals surface area contributed by atoms with Gasteiger partial charge in [0.2, 0.25) is 0 Å². The summed E-state index contributed by atoms with van der Waals surface area (Å²) in [7, 11) is -6.62. The van der Waals surface area contributed by atoms with E-state index in [1.807, 2.05) is 6.26 Å². The first-order chi connectivity index (χ1) is 19.7. The monoisotopic (exact) mass is 635 g/mol. The van der Waals surface area contributed by atoms with E-state index >= 15 is 0 Å². The molecule has 0 heterocycles. The van der Waals surface area contributed by atoms with Crippen LogP contribution in [-0.2, 0) is 26.2 Å². The molecule has 0 unspecified atom stereocenters. The van der Waals surface area contributed by atoms with Crippen LogP contribution >= 0.6 is 11.8 Å². The molecule has 0 aliphatic heterocycles. The van der Waals surface area contributed by atoms with Crippen molar-refractivity contribution in [2.24, 2.45) is 0 Å². The molecule has 0 spiro atoms. The van der Waals surface area contributed by atoms with Crippen LogP contribution in [0.5, 0.6) is 0 Å². The van der Waals surface area contributed by atoms with Crippen LogP contribution in [0.25, 0.3) is 0 Å². The number of anilines is 3. The Balaban J connectivity index is 1.42. The predicted octanol–water partition coefficient (Wildman–Crippen LogP) is 6.31. The average Bonchev–Trinajstić information content (AvgIpc) is 2.96. The Morgan fingerprint density at radius 2 is 1.38 bits per heavy atom. The highest BCUT2D eigenvalue weighted by Gasteiger charge is 2.31. The number of thioether (sulfide) groups is 1. The van der Waals surface area contributed by atoms with Gasteiger partial charge in [0.1, 0.15) is 0 Å². The van der Waals surface area contributed by atoms with Gasteiger partial charge in [-0.1, -0.05) is 6.07 Å². The van der Waals surface area contributed by atoms with Crippen molar-refractivity contribution in [1.82, 2.24) is 0 Å². The van der Waals surface area contributed by atoms with Gasteiger partial charge in [0.25, 0.3) is 26.0 Å².